The summed E-state index contributed by atoms with van der Waals surface area (Å²) in [6.45, 7) is 0. The predicted octanol–water partition coefficient (Wildman–Crippen LogP) is 2.62. The summed E-state index contributed by atoms with van der Waals surface area (Å²) in [7, 11) is 0. The quantitative estimate of drug-likeness (QED) is 0.664. The molecule has 0 amide bonds. The first-order valence-electron chi connectivity index (χ1n) is 4.37. The highest BCUT2D eigenvalue weighted by molar-refractivity contribution is 9.10. The van der Waals surface area contributed by atoms with Crippen LogP contribution in [0.2, 0.25) is 0 Å². The smallest absolute Gasteiger partial charge is 0.235 e. The first-order chi connectivity index (χ1) is 7.10. The number of aromatic hydroxyl groups is 1. The second kappa shape index (κ2) is 3.43. The largest absolute Gasteiger partial charge is 0.507 e. The van der Waals surface area contributed by atoms with E-state index in [9.17, 15) is 14.3 Å². The molecule has 15 heavy (non-hydrogen) atoms. The molecule has 0 bridgehead atoms. The molecule has 1 fully saturated rings. The fraction of sp³-hybridized carbons (Fsp3) is 0.300. The maximum absolute atomic E-state index is 13.7. The number of halogens is 2. The van der Waals surface area contributed by atoms with Crippen molar-refractivity contribution in [2.45, 2.75) is 18.4 Å². The van der Waals surface area contributed by atoms with Gasteiger partial charge in [-0.05, 0) is 40.9 Å². The van der Waals surface area contributed by atoms with E-state index in [0.717, 1.165) is 0 Å². The molecule has 1 N–H and O–H groups in total. The fourth-order valence-electron chi connectivity index (χ4n) is 1.55. The van der Waals surface area contributed by atoms with E-state index in [4.69, 9.17) is 0 Å². The Kier molecular flexibility index (Phi) is 2.37. The van der Waals surface area contributed by atoms with Gasteiger partial charge in [0.15, 0.2) is 0 Å². The lowest BCUT2D eigenvalue weighted by molar-refractivity contribution is 0.460. The number of hydrogen-bond donors (Lipinski definition) is 1. The highest BCUT2D eigenvalue weighted by Gasteiger charge is 2.47. The van der Waals surface area contributed by atoms with Crippen LogP contribution in [0.3, 0.4) is 0 Å². The second-order valence-corrected chi connectivity index (χ2v) is 4.29. The first kappa shape index (κ1) is 10.3. The average Bonchev–Trinajstić information content (AvgIpc) is 2.96. The molecule has 2 rings (SSSR count). The topological polar surface area (TPSA) is 49.7 Å². The third-order valence-electron chi connectivity index (χ3n) is 2.55. The highest BCUT2D eigenvalue weighted by atomic mass is 79.9. The van der Waals surface area contributed by atoms with E-state index >= 15 is 0 Å². The number of hydrogen-bond acceptors (Lipinski definition) is 3. The summed E-state index contributed by atoms with van der Waals surface area (Å²) in [6.07, 6.45) is 2.73. The molecule has 1 aliphatic carbocycles. The molecule has 0 saturated heterocycles. The molecule has 0 radical (unpaired) electrons. The van der Waals surface area contributed by atoms with Gasteiger partial charge in [0, 0.05) is 5.56 Å². The molecule has 0 unspecified atom stereocenters. The van der Waals surface area contributed by atoms with Gasteiger partial charge in [-0.3, -0.25) is 0 Å². The van der Waals surface area contributed by atoms with Crippen molar-refractivity contribution >= 4 is 22.0 Å². The third-order valence-corrected chi connectivity index (χ3v) is 3.30. The Morgan fingerprint density at radius 1 is 1.53 bits per heavy atom. The van der Waals surface area contributed by atoms with E-state index < -0.39 is 11.4 Å². The minimum absolute atomic E-state index is 0.00683. The van der Waals surface area contributed by atoms with E-state index in [1.54, 1.807) is 0 Å². The van der Waals surface area contributed by atoms with E-state index in [-0.39, 0.29) is 10.2 Å². The Balaban J connectivity index is 2.55. The van der Waals surface area contributed by atoms with Crippen molar-refractivity contribution in [2.75, 3.05) is 0 Å². The summed E-state index contributed by atoms with van der Waals surface area (Å²) in [5.41, 5.74) is -0.419. The lowest BCUT2D eigenvalue weighted by Gasteiger charge is -2.11. The van der Waals surface area contributed by atoms with Gasteiger partial charge in [-0.25, -0.2) is 9.18 Å². The van der Waals surface area contributed by atoms with Gasteiger partial charge in [-0.15, -0.1) is 0 Å². The van der Waals surface area contributed by atoms with E-state index in [1.165, 1.54) is 18.2 Å². The van der Waals surface area contributed by atoms with E-state index in [2.05, 4.69) is 20.9 Å². The number of rotatable bonds is 2. The molecule has 0 aromatic heterocycles. The molecule has 0 heterocycles. The van der Waals surface area contributed by atoms with Gasteiger partial charge in [-0.2, -0.15) is 4.99 Å². The van der Waals surface area contributed by atoms with Gasteiger partial charge in [0.05, 0.1) is 4.47 Å². The van der Waals surface area contributed by atoms with Gasteiger partial charge in [0.1, 0.15) is 17.1 Å². The fourth-order valence-corrected chi connectivity index (χ4v) is 1.89. The minimum Gasteiger partial charge on any atom is -0.507 e. The number of benzene rings is 1. The molecule has 78 valence electrons. The van der Waals surface area contributed by atoms with Crippen LogP contribution in [-0.4, -0.2) is 11.2 Å². The number of nitrogens with zero attached hydrogens (tertiary/aromatic N) is 1. The molecule has 3 nitrogen and oxygen atoms in total. The number of phenolic OH excluding ortho intramolecular Hbond substituents is 1. The van der Waals surface area contributed by atoms with Crippen LogP contribution >= 0.6 is 15.9 Å². The standard InChI is InChI=1S/C10H7BrFNO2/c11-8-7(15)2-1-6(9(8)12)10(3-4-10)13-5-14/h1-2,15H,3-4H2. The minimum atomic E-state index is -0.748. The number of carbonyl (C=O) groups excluding carboxylic acids is 1. The predicted molar refractivity (Wildman–Crippen MR) is 54.8 cm³/mol. The lowest BCUT2D eigenvalue weighted by Crippen LogP contribution is -2.05. The molecule has 1 saturated carbocycles. The van der Waals surface area contributed by atoms with Gasteiger partial charge in [0.25, 0.3) is 0 Å². The monoisotopic (exact) mass is 271 g/mol. The molecular formula is C10H7BrFNO2. The first-order valence-corrected chi connectivity index (χ1v) is 5.16. The summed E-state index contributed by atoms with van der Waals surface area (Å²) >= 11 is 2.94. The third kappa shape index (κ3) is 1.58. The maximum atomic E-state index is 13.7. The van der Waals surface area contributed by atoms with Crippen molar-refractivity contribution in [3.63, 3.8) is 0 Å². The van der Waals surface area contributed by atoms with Gasteiger partial charge in [0.2, 0.25) is 6.08 Å². The van der Waals surface area contributed by atoms with Crippen LogP contribution in [-0.2, 0) is 10.3 Å². The van der Waals surface area contributed by atoms with Crippen LogP contribution in [0.4, 0.5) is 4.39 Å². The summed E-state index contributed by atoms with van der Waals surface area (Å²) in [5, 5.41) is 9.25. The van der Waals surface area contributed by atoms with Crippen molar-refractivity contribution in [2.24, 2.45) is 4.99 Å². The van der Waals surface area contributed by atoms with Crippen LogP contribution < -0.4 is 0 Å². The van der Waals surface area contributed by atoms with Gasteiger partial charge < -0.3 is 5.11 Å². The lowest BCUT2D eigenvalue weighted by atomic mass is 10.0. The number of isocyanates is 1. The van der Waals surface area contributed by atoms with Gasteiger partial charge >= 0.3 is 0 Å². The summed E-state index contributed by atoms with van der Waals surface area (Å²) in [5.74, 6) is -0.728. The molecule has 0 aliphatic heterocycles. The Bertz CT molecular complexity index is 465. The highest BCUT2D eigenvalue weighted by Crippen LogP contribution is 2.51. The van der Waals surface area contributed by atoms with E-state index in [1.807, 2.05) is 0 Å². The van der Waals surface area contributed by atoms with Crippen molar-refractivity contribution in [1.29, 1.82) is 0 Å². The zero-order valence-electron chi connectivity index (χ0n) is 7.63. The summed E-state index contributed by atoms with van der Waals surface area (Å²) < 4.78 is 13.7. The zero-order chi connectivity index (χ0) is 11.1. The Morgan fingerprint density at radius 3 is 2.73 bits per heavy atom. The summed E-state index contributed by atoms with van der Waals surface area (Å²) in [6, 6.07) is 2.83. The van der Waals surface area contributed by atoms with Crippen LogP contribution in [0, 0.1) is 5.82 Å². The summed E-state index contributed by atoms with van der Waals surface area (Å²) in [4.78, 5) is 13.8. The van der Waals surface area contributed by atoms with Gasteiger partial charge in [-0.1, -0.05) is 0 Å². The second-order valence-electron chi connectivity index (χ2n) is 3.49. The molecule has 0 atom stereocenters. The molecule has 1 aliphatic rings. The Labute approximate surface area is 93.8 Å². The molecular weight excluding hydrogens is 265 g/mol. The van der Waals surface area contributed by atoms with E-state index in [0.29, 0.717) is 18.4 Å². The maximum Gasteiger partial charge on any atom is 0.235 e. The van der Waals surface area contributed by atoms with Crippen molar-refractivity contribution in [1.82, 2.24) is 0 Å². The number of phenols is 1. The average molecular weight is 272 g/mol. The Hall–Kier alpha value is -1.19. The SMILES string of the molecule is O=C=NC1(c2ccc(O)c(Br)c2F)CC1. The van der Waals surface area contributed by atoms with Crippen molar-refractivity contribution in [3.05, 3.63) is 28.0 Å². The molecule has 1 aromatic rings. The van der Waals surface area contributed by atoms with Crippen molar-refractivity contribution in [3.8, 4) is 5.75 Å². The van der Waals surface area contributed by atoms with Crippen molar-refractivity contribution < 1.29 is 14.3 Å². The normalized spacial score (nSPS) is 16.9. The number of aliphatic imine (C=N–C) groups is 1. The van der Waals surface area contributed by atoms with Crippen LogP contribution in [0.5, 0.6) is 5.75 Å². The van der Waals surface area contributed by atoms with Crippen LogP contribution in [0.15, 0.2) is 21.6 Å². The molecule has 0 spiro atoms. The van der Waals surface area contributed by atoms with Crippen LogP contribution in [0.1, 0.15) is 18.4 Å². The Morgan fingerprint density at radius 2 is 2.20 bits per heavy atom. The molecule has 1 aromatic carbocycles. The zero-order valence-corrected chi connectivity index (χ0v) is 9.21. The molecule has 5 heteroatoms. The van der Waals surface area contributed by atoms with Crippen LogP contribution in [0.25, 0.3) is 0 Å².